The molecule has 0 aromatic rings. The van der Waals surface area contributed by atoms with Gasteiger partial charge in [-0.05, 0) is 85.0 Å². The van der Waals surface area contributed by atoms with Gasteiger partial charge in [-0.3, -0.25) is 24.0 Å². The lowest BCUT2D eigenvalue weighted by Crippen LogP contribution is -2.44. The highest BCUT2D eigenvalue weighted by molar-refractivity contribution is 6.80. The maximum absolute atomic E-state index is 12.5. The first kappa shape index (κ1) is 52.0. The molecule has 1 heterocycles. The van der Waals surface area contributed by atoms with Gasteiger partial charge in [0.25, 0.3) is 0 Å². The van der Waals surface area contributed by atoms with Gasteiger partial charge >= 0.3 is 11.9 Å². The van der Waals surface area contributed by atoms with E-state index in [0.717, 1.165) is 18.4 Å². The van der Waals surface area contributed by atoms with Gasteiger partial charge in [-0.15, -0.1) is 0 Å². The third kappa shape index (κ3) is 20.8. The number of methoxy groups -OCH3 is 2. The maximum Gasteiger partial charge on any atom is 0.305 e. The molecule has 0 bridgehead atoms. The quantitative estimate of drug-likeness (QED) is 0.0689. The minimum atomic E-state index is -1.66. The molecule has 0 aromatic carbocycles. The number of epoxide rings is 1. The number of rotatable bonds is 16. The molecule has 4 atom stereocenters. The van der Waals surface area contributed by atoms with Crippen LogP contribution in [0.1, 0.15) is 112 Å². The first-order chi connectivity index (χ1) is 24.9. The van der Waals surface area contributed by atoms with Crippen LogP contribution in [-0.4, -0.2) is 105 Å². The molecule has 0 aromatic heterocycles. The summed E-state index contributed by atoms with van der Waals surface area (Å²) in [5.74, 6) is -0.234. The molecule has 0 saturated carbocycles. The molecule has 13 heteroatoms. The van der Waals surface area contributed by atoms with Crippen molar-refractivity contribution < 1.29 is 47.7 Å². The zero-order chi connectivity index (χ0) is 41.9. The summed E-state index contributed by atoms with van der Waals surface area (Å²) in [5.41, 5.74) is 0.846. The highest BCUT2D eigenvalue weighted by atomic mass is 28.3. The van der Waals surface area contributed by atoms with Crippen LogP contribution in [0.15, 0.2) is 23.3 Å². The molecule has 2 aliphatic carbocycles. The molecule has 1 aliphatic heterocycles. The van der Waals surface area contributed by atoms with Gasteiger partial charge in [0, 0.05) is 69.6 Å². The Morgan fingerprint density at radius 3 is 1.57 bits per heavy atom. The third-order valence-corrected chi connectivity index (χ3v) is 11.7. The van der Waals surface area contributed by atoms with Crippen molar-refractivity contribution in [2.24, 2.45) is 0 Å². The SMILES string of the molecule is COC(=O)CCCC1OC1(CC1=CC(OC(C)(C)C)CC1=O)[Si](C)(C)C.COC(=O)CCCCC(=O)CC1=CC(OC(C)(C)C)CC1=O.C[SiH2]C.C[SiH2]C. The van der Waals surface area contributed by atoms with Gasteiger partial charge in [-0.2, -0.15) is 0 Å². The molecule has 1 saturated heterocycles. The van der Waals surface area contributed by atoms with Crippen LogP contribution in [0.2, 0.25) is 45.8 Å². The lowest BCUT2D eigenvalue weighted by atomic mass is 10.0. The summed E-state index contributed by atoms with van der Waals surface area (Å²) in [4.78, 5) is 58.6. The van der Waals surface area contributed by atoms with E-state index in [9.17, 15) is 24.0 Å². The molecule has 0 amide bonds. The van der Waals surface area contributed by atoms with Crippen molar-refractivity contribution >= 4 is 56.4 Å². The smallest absolute Gasteiger partial charge is 0.305 e. The van der Waals surface area contributed by atoms with Gasteiger partial charge in [0.2, 0.25) is 0 Å². The van der Waals surface area contributed by atoms with Gasteiger partial charge < -0.3 is 23.7 Å². The van der Waals surface area contributed by atoms with E-state index in [1.54, 1.807) is 6.08 Å². The second-order valence-electron chi connectivity index (χ2n) is 17.5. The molecule has 3 rings (SSSR count). The van der Waals surface area contributed by atoms with E-state index in [-0.39, 0.29) is 70.4 Å². The highest BCUT2D eigenvalue weighted by Crippen LogP contribution is 2.51. The van der Waals surface area contributed by atoms with Crippen LogP contribution in [0, 0.1) is 0 Å². The first-order valence-corrected chi connectivity index (χ1v) is 29.2. The van der Waals surface area contributed by atoms with E-state index in [2.05, 4.69) is 50.6 Å². The van der Waals surface area contributed by atoms with E-state index >= 15 is 0 Å². The number of allylic oxidation sites excluding steroid dienone is 1. The van der Waals surface area contributed by atoms with Gasteiger partial charge in [0.15, 0.2) is 11.6 Å². The Bertz CT molecular complexity index is 1270. The number of hydrogen-bond acceptors (Lipinski definition) is 10. The monoisotopic (exact) mass is 812 g/mol. The summed E-state index contributed by atoms with van der Waals surface area (Å²) in [6.45, 7) is 27.8. The van der Waals surface area contributed by atoms with Gasteiger partial charge in [0.05, 0.1) is 57.0 Å². The Morgan fingerprint density at radius 2 is 1.15 bits per heavy atom. The number of hydrogen-bond donors (Lipinski definition) is 0. The number of carbonyl (C=O) groups is 5. The molecular weight excluding hydrogens is 737 g/mol. The van der Waals surface area contributed by atoms with E-state index < -0.39 is 8.07 Å². The highest BCUT2D eigenvalue weighted by Gasteiger charge is 2.63. The zero-order valence-corrected chi connectivity index (χ0v) is 40.5. The molecule has 312 valence electrons. The number of Topliss-reactive ketones (excluding diaryl/α,β-unsaturated/α-hetero) is 3. The van der Waals surface area contributed by atoms with Crippen molar-refractivity contribution in [2.75, 3.05) is 14.2 Å². The maximum atomic E-state index is 12.5. The van der Waals surface area contributed by atoms with Crippen molar-refractivity contribution in [1.82, 2.24) is 0 Å². The fraction of sp³-hybridized carbons (Fsp3) is 0.780. The average Bonchev–Trinajstić information content (AvgIpc) is 3.51. The summed E-state index contributed by atoms with van der Waals surface area (Å²) in [5, 5.41) is -0.207. The second kappa shape index (κ2) is 24.6. The Hall–Kier alpha value is -2.04. The molecule has 54 heavy (non-hydrogen) atoms. The van der Waals surface area contributed by atoms with Crippen LogP contribution in [0.5, 0.6) is 0 Å². The number of unbranched alkanes of at least 4 members (excludes halogenated alkanes) is 1. The number of esters is 2. The lowest BCUT2D eigenvalue weighted by Gasteiger charge is -2.27. The largest absolute Gasteiger partial charge is 0.469 e. The van der Waals surface area contributed by atoms with E-state index in [4.69, 9.17) is 18.9 Å². The van der Waals surface area contributed by atoms with Crippen molar-refractivity contribution in [2.45, 2.75) is 193 Å². The van der Waals surface area contributed by atoms with Crippen LogP contribution in [0.3, 0.4) is 0 Å². The van der Waals surface area contributed by atoms with Gasteiger partial charge in [0.1, 0.15) is 5.78 Å². The predicted molar refractivity (Wildman–Crippen MR) is 227 cm³/mol. The Morgan fingerprint density at radius 1 is 0.741 bits per heavy atom. The van der Waals surface area contributed by atoms with Gasteiger partial charge in [-0.1, -0.05) is 45.8 Å². The van der Waals surface area contributed by atoms with Crippen molar-refractivity contribution in [3.8, 4) is 0 Å². The molecule has 4 unspecified atom stereocenters. The van der Waals surface area contributed by atoms with E-state index in [1.165, 1.54) is 14.2 Å². The second-order valence-corrected chi connectivity index (χ2v) is 25.7. The van der Waals surface area contributed by atoms with Crippen LogP contribution >= 0.6 is 0 Å². The summed E-state index contributed by atoms with van der Waals surface area (Å²) >= 11 is 0. The van der Waals surface area contributed by atoms with Crippen molar-refractivity contribution in [3.63, 3.8) is 0 Å². The van der Waals surface area contributed by atoms with Crippen molar-refractivity contribution in [3.05, 3.63) is 23.3 Å². The summed E-state index contributed by atoms with van der Waals surface area (Å²) in [6, 6.07) is 0. The minimum absolute atomic E-state index is 0.00263. The van der Waals surface area contributed by atoms with E-state index in [0.29, 0.717) is 76.0 Å². The third-order valence-electron chi connectivity index (χ3n) is 8.59. The van der Waals surface area contributed by atoms with Crippen LogP contribution < -0.4 is 0 Å². The molecular formula is C41H76O10Si3. The molecule has 0 spiro atoms. The molecule has 1 fully saturated rings. The molecule has 10 nitrogen and oxygen atoms in total. The Labute approximate surface area is 333 Å². The summed E-state index contributed by atoms with van der Waals surface area (Å²) in [6.07, 6.45) is 9.13. The number of ketones is 3. The number of carbonyl (C=O) groups excluding carboxylic acids is 5. The summed E-state index contributed by atoms with van der Waals surface area (Å²) < 4.78 is 27.2. The average molecular weight is 813 g/mol. The van der Waals surface area contributed by atoms with Crippen molar-refractivity contribution in [1.29, 1.82) is 0 Å². The van der Waals surface area contributed by atoms with Gasteiger partial charge in [-0.25, -0.2) is 0 Å². The van der Waals surface area contributed by atoms with E-state index in [1.807, 2.05) is 47.6 Å². The number of ether oxygens (including phenoxy) is 5. The fourth-order valence-corrected chi connectivity index (χ4v) is 8.49. The fourth-order valence-electron chi connectivity index (χ4n) is 6.16. The minimum Gasteiger partial charge on any atom is -0.469 e. The Balaban J connectivity index is 0.000000917. The molecule has 3 aliphatic rings. The molecule has 0 radical (unpaired) electrons. The Kier molecular flexibility index (Phi) is 23.6. The molecule has 0 N–H and O–H groups in total. The van der Waals surface area contributed by atoms with Crippen LogP contribution in [0.4, 0.5) is 0 Å². The normalized spacial score (nSPS) is 22.0. The predicted octanol–water partition coefficient (Wildman–Crippen LogP) is 7.08. The lowest BCUT2D eigenvalue weighted by molar-refractivity contribution is -0.141. The standard InChI is InChI=1S/C20H34O5Si.C17H26O5.2C2H8Si/c1-19(2,3)24-15-11-14(16(21)12-15)13-20(26(5,6)7)17(25-20)9-8-10-18(22)23-4;1-17(2,3)22-14-10-12(15(19)11-14)9-13(18)7-5-6-8-16(20)21-4;2*1-3-2/h11,15,17H,8-10,12-13H2,1-7H3;10,14H,5-9,11H2,1-4H3;2*3H2,1-2H3. The van der Waals surface area contributed by atoms with Crippen LogP contribution in [0.25, 0.3) is 0 Å². The summed E-state index contributed by atoms with van der Waals surface area (Å²) in [7, 11) is 1.94. The van der Waals surface area contributed by atoms with Crippen LogP contribution in [-0.2, 0) is 47.7 Å². The zero-order valence-electron chi connectivity index (χ0n) is 36.7. The topological polar surface area (TPSA) is 135 Å². The first-order valence-electron chi connectivity index (χ1n) is 20.1.